The zero-order valence-corrected chi connectivity index (χ0v) is 27.5. The van der Waals surface area contributed by atoms with E-state index in [1.165, 1.54) is 25.7 Å². The van der Waals surface area contributed by atoms with E-state index in [9.17, 15) is 0 Å². The lowest BCUT2D eigenvalue weighted by Gasteiger charge is -2.18. The second kappa shape index (κ2) is 25.1. The molecule has 0 aromatic heterocycles. The number of rotatable bonds is 12. The summed E-state index contributed by atoms with van der Waals surface area (Å²) in [6.07, 6.45) is 4.86. The van der Waals surface area contributed by atoms with E-state index in [-0.39, 0.29) is 11.2 Å². The first kappa shape index (κ1) is 42.8. The molecule has 0 amide bonds. The van der Waals surface area contributed by atoms with Crippen LogP contribution in [0.5, 0.6) is 0 Å². The second-order valence-electron chi connectivity index (χ2n) is 13.2. The molecule has 0 N–H and O–H groups in total. The minimum absolute atomic E-state index is 0.0292. The Balaban J connectivity index is -0.000000190. The van der Waals surface area contributed by atoms with Crippen molar-refractivity contribution in [2.75, 3.05) is 68.1 Å². The van der Waals surface area contributed by atoms with E-state index in [1.807, 2.05) is 41.5 Å². The highest BCUT2D eigenvalue weighted by Gasteiger charge is 2.10. The molecule has 0 unspecified atom stereocenters. The van der Waals surface area contributed by atoms with Gasteiger partial charge in [0.2, 0.25) is 0 Å². The van der Waals surface area contributed by atoms with E-state index in [4.69, 9.17) is 28.4 Å². The molecule has 0 heterocycles. The molecule has 0 spiro atoms. The SMILES string of the molecule is COCCCC(C)(C)C.COCCCC(C)(C)C.COCCOC(C)(C)C.COCCOC(C)(C)C. The van der Waals surface area contributed by atoms with Crippen LogP contribution in [0.4, 0.5) is 0 Å². The van der Waals surface area contributed by atoms with E-state index in [0.717, 1.165) is 13.2 Å². The summed E-state index contributed by atoms with van der Waals surface area (Å²) in [4.78, 5) is 0. The Morgan fingerprint density at radius 1 is 0.361 bits per heavy atom. The van der Waals surface area contributed by atoms with E-state index in [1.54, 1.807) is 28.4 Å². The molecule has 0 aliphatic heterocycles. The maximum absolute atomic E-state index is 5.34. The lowest BCUT2D eigenvalue weighted by molar-refractivity contribution is -0.0273. The summed E-state index contributed by atoms with van der Waals surface area (Å²) in [5, 5.41) is 0. The summed E-state index contributed by atoms with van der Waals surface area (Å²) in [6.45, 7) is 30.2. The lowest BCUT2D eigenvalue weighted by Crippen LogP contribution is -2.21. The van der Waals surface area contributed by atoms with Crippen LogP contribution in [0.3, 0.4) is 0 Å². The van der Waals surface area contributed by atoms with Gasteiger partial charge in [-0.3, -0.25) is 0 Å². The molecule has 0 bridgehead atoms. The van der Waals surface area contributed by atoms with Gasteiger partial charge in [0.25, 0.3) is 0 Å². The van der Waals surface area contributed by atoms with E-state index < -0.39 is 0 Å². The van der Waals surface area contributed by atoms with Crippen molar-refractivity contribution in [3.8, 4) is 0 Å². The fraction of sp³-hybridized carbons (Fsp3) is 1.00. The maximum atomic E-state index is 5.34. The van der Waals surface area contributed by atoms with E-state index in [0.29, 0.717) is 37.3 Å². The zero-order valence-electron chi connectivity index (χ0n) is 27.5. The molecule has 0 radical (unpaired) electrons. The molecule has 36 heavy (non-hydrogen) atoms. The summed E-state index contributed by atoms with van der Waals surface area (Å²) in [5.41, 5.74) is 0.883. The minimum atomic E-state index is -0.0292. The van der Waals surface area contributed by atoms with Crippen LogP contribution in [0.1, 0.15) is 109 Å². The van der Waals surface area contributed by atoms with Crippen LogP contribution >= 0.6 is 0 Å². The van der Waals surface area contributed by atoms with Crippen molar-refractivity contribution in [3.05, 3.63) is 0 Å². The molecule has 0 saturated heterocycles. The summed E-state index contributed by atoms with van der Waals surface area (Å²) in [7, 11) is 6.85. The third kappa shape index (κ3) is 64.2. The first-order chi connectivity index (χ1) is 16.2. The average molecular weight is 525 g/mol. The molecule has 0 atom stereocenters. The third-order valence-corrected chi connectivity index (χ3v) is 4.20. The molecule has 0 saturated carbocycles. The second-order valence-corrected chi connectivity index (χ2v) is 13.2. The largest absolute Gasteiger partial charge is 0.385 e. The van der Waals surface area contributed by atoms with Gasteiger partial charge in [-0.15, -0.1) is 0 Å². The predicted molar refractivity (Wildman–Crippen MR) is 156 cm³/mol. The Hall–Kier alpha value is -0.240. The normalized spacial score (nSPS) is 12.0. The molecule has 6 heteroatoms. The summed E-state index contributed by atoms with van der Waals surface area (Å²) in [6, 6.07) is 0. The van der Waals surface area contributed by atoms with Crippen LogP contribution in [-0.4, -0.2) is 79.3 Å². The van der Waals surface area contributed by atoms with Gasteiger partial charge in [-0.25, -0.2) is 0 Å². The van der Waals surface area contributed by atoms with Gasteiger partial charge in [0, 0.05) is 41.7 Å². The van der Waals surface area contributed by atoms with Crippen LogP contribution in [0.25, 0.3) is 0 Å². The first-order valence-electron chi connectivity index (χ1n) is 13.5. The van der Waals surface area contributed by atoms with Gasteiger partial charge >= 0.3 is 0 Å². The number of hydrogen-bond acceptors (Lipinski definition) is 6. The van der Waals surface area contributed by atoms with Gasteiger partial charge in [0.1, 0.15) is 0 Å². The van der Waals surface area contributed by atoms with Crippen molar-refractivity contribution in [1.29, 1.82) is 0 Å². The van der Waals surface area contributed by atoms with E-state index in [2.05, 4.69) is 41.5 Å². The van der Waals surface area contributed by atoms with Crippen LogP contribution in [0.15, 0.2) is 0 Å². The smallest absolute Gasteiger partial charge is 0.0707 e. The van der Waals surface area contributed by atoms with Crippen LogP contribution in [0, 0.1) is 10.8 Å². The molecular formula is C30H68O6. The van der Waals surface area contributed by atoms with Crippen LogP contribution in [-0.2, 0) is 28.4 Å². The highest BCUT2D eigenvalue weighted by molar-refractivity contribution is 4.61. The zero-order chi connectivity index (χ0) is 29.3. The molecule has 224 valence electrons. The van der Waals surface area contributed by atoms with Crippen LogP contribution in [0.2, 0.25) is 0 Å². The Kier molecular flexibility index (Phi) is 29.8. The maximum Gasteiger partial charge on any atom is 0.0707 e. The molecule has 0 aromatic carbocycles. The summed E-state index contributed by atoms with van der Waals surface area (Å²) in [5.74, 6) is 0. The van der Waals surface area contributed by atoms with Gasteiger partial charge < -0.3 is 28.4 Å². The predicted octanol–water partition coefficient (Wildman–Crippen LogP) is 7.81. The fourth-order valence-corrected chi connectivity index (χ4v) is 2.36. The Morgan fingerprint density at radius 2 is 0.611 bits per heavy atom. The Bertz CT molecular complexity index is 331. The van der Waals surface area contributed by atoms with Crippen molar-refractivity contribution >= 4 is 0 Å². The van der Waals surface area contributed by atoms with Gasteiger partial charge in [0.15, 0.2) is 0 Å². The van der Waals surface area contributed by atoms with Crippen LogP contribution < -0.4 is 0 Å². The quantitative estimate of drug-likeness (QED) is 0.243. The van der Waals surface area contributed by atoms with Gasteiger partial charge in [-0.2, -0.15) is 0 Å². The van der Waals surface area contributed by atoms with Crippen molar-refractivity contribution < 1.29 is 28.4 Å². The summed E-state index contributed by atoms with van der Waals surface area (Å²) < 4.78 is 30.2. The van der Waals surface area contributed by atoms with Gasteiger partial charge in [-0.1, -0.05) is 41.5 Å². The monoisotopic (exact) mass is 525 g/mol. The lowest BCUT2D eigenvalue weighted by atomic mass is 9.91. The Labute approximate surface area is 227 Å². The highest BCUT2D eigenvalue weighted by Crippen LogP contribution is 2.20. The van der Waals surface area contributed by atoms with Crippen molar-refractivity contribution in [2.24, 2.45) is 10.8 Å². The molecule has 6 nitrogen and oxygen atoms in total. The van der Waals surface area contributed by atoms with Gasteiger partial charge in [-0.05, 0) is 78.1 Å². The molecule has 0 aliphatic carbocycles. The molecule has 0 aromatic rings. The minimum Gasteiger partial charge on any atom is -0.385 e. The molecule has 0 aliphatic rings. The van der Waals surface area contributed by atoms with Crippen molar-refractivity contribution in [1.82, 2.24) is 0 Å². The van der Waals surface area contributed by atoms with Gasteiger partial charge in [0.05, 0.1) is 37.6 Å². The Morgan fingerprint density at radius 3 is 0.778 bits per heavy atom. The summed E-state index contributed by atoms with van der Waals surface area (Å²) >= 11 is 0. The highest BCUT2D eigenvalue weighted by atomic mass is 16.5. The number of hydrogen-bond donors (Lipinski definition) is 0. The molecule has 0 fully saturated rings. The fourth-order valence-electron chi connectivity index (χ4n) is 2.36. The third-order valence-electron chi connectivity index (χ3n) is 4.20. The van der Waals surface area contributed by atoms with E-state index >= 15 is 0 Å². The molecule has 0 rings (SSSR count). The average Bonchev–Trinajstić information content (AvgIpc) is 2.67. The number of methoxy groups -OCH3 is 4. The topological polar surface area (TPSA) is 55.4 Å². The standard InChI is InChI=1S/2C8H18O.2C7H16O2/c2*1-8(2,3)6-5-7-9-4;2*1-7(2,3)9-6-5-8-4/h2*5-7H2,1-4H3;2*5-6H2,1-4H3. The van der Waals surface area contributed by atoms with Crippen molar-refractivity contribution in [2.45, 2.75) is 120 Å². The first-order valence-corrected chi connectivity index (χ1v) is 13.5. The van der Waals surface area contributed by atoms with Crippen molar-refractivity contribution in [3.63, 3.8) is 0 Å². The number of ether oxygens (including phenoxy) is 6. The molecular weight excluding hydrogens is 456 g/mol.